The molecule has 3 aromatic carbocycles. The van der Waals surface area contributed by atoms with Gasteiger partial charge in [0.15, 0.2) is 0 Å². The highest BCUT2D eigenvalue weighted by molar-refractivity contribution is 6.31. The van der Waals surface area contributed by atoms with Gasteiger partial charge >= 0.3 is 5.69 Å². The van der Waals surface area contributed by atoms with E-state index in [2.05, 4.69) is 37.1 Å². The Kier molecular flexibility index (Phi) is 12.0. The minimum Gasteiger partial charge on any atom is -0.352 e. The maximum absolute atomic E-state index is 16.3. The topological polar surface area (TPSA) is 150 Å². The Morgan fingerprint density at radius 3 is 2.26 bits per heavy atom. The third-order valence-corrected chi connectivity index (χ3v) is 16.4. The van der Waals surface area contributed by atoms with Crippen LogP contribution in [0.15, 0.2) is 59.4 Å². The van der Waals surface area contributed by atoms with E-state index >= 15 is 4.39 Å². The number of hydrogen-bond acceptors (Lipinski definition) is 8. The summed E-state index contributed by atoms with van der Waals surface area (Å²) in [5.74, 6) is -2.38. The number of benzene rings is 3. The Morgan fingerprint density at radius 1 is 0.846 bits per heavy atom. The van der Waals surface area contributed by atoms with Crippen LogP contribution in [0.2, 0.25) is 10.0 Å². The minimum absolute atomic E-state index is 0.0450. The average Bonchev–Trinajstić information content (AvgIpc) is 3.86. The quantitative estimate of drug-likeness (QED) is 0.144. The number of halogens is 3. The van der Waals surface area contributed by atoms with Gasteiger partial charge in [0.25, 0.3) is 0 Å². The zero-order valence-electron chi connectivity index (χ0n) is 36.8. The van der Waals surface area contributed by atoms with E-state index in [0.29, 0.717) is 30.0 Å². The fourth-order valence-electron chi connectivity index (χ4n) is 12.8. The first-order valence-corrected chi connectivity index (χ1v) is 24.3. The number of carbonyl (C=O) groups excluding carboxylic acids is 4. The van der Waals surface area contributed by atoms with Crippen molar-refractivity contribution in [3.8, 4) is 0 Å². The van der Waals surface area contributed by atoms with Gasteiger partial charge in [0, 0.05) is 54.8 Å². The zero-order valence-corrected chi connectivity index (χ0v) is 38.3. The highest BCUT2D eigenvalue weighted by Gasteiger charge is 2.72. The van der Waals surface area contributed by atoms with Gasteiger partial charge in [-0.25, -0.2) is 9.18 Å². The molecule has 0 radical (unpaired) electrons. The molecule has 10 rings (SSSR count). The second kappa shape index (κ2) is 17.6. The fraction of sp³-hybridized carbons (Fsp3) is 0.531. The predicted molar refractivity (Wildman–Crippen MR) is 248 cm³/mol. The van der Waals surface area contributed by atoms with E-state index in [1.165, 1.54) is 6.07 Å². The van der Waals surface area contributed by atoms with Gasteiger partial charge in [0.05, 0.1) is 22.1 Å². The van der Waals surface area contributed by atoms with Crippen LogP contribution in [-0.4, -0.2) is 99.5 Å². The molecule has 5 fully saturated rings. The van der Waals surface area contributed by atoms with E-state index in [1.54, 1.807) is 40.4 Å². The molecular formula is C49H57Cl2FN8O5. The lowest BCUT2D eigenvalue weighted by Crippen LogP contribution is -2.60. The third-order valence-electron chi connectivity index (χ3n) is 15.9. The van der Waals surface area contributed by atoms with Crippen LogP contribution in [0, 0.1) is 5.82 Å². The SMILES string of the molecule is Cn1c(=O)n(C2CCC(=O)NC2=O)c2cccc(C3CCN(CCCN4CCC(NC(=O)[C@@H]5NC6(CCCCC6)[C@@]6(C(=O)Nc7cc(Cl)ccc76)[C@H]5c5cccc(Cl)c5F)CC4)CC3)c21. The number of para-hydroxylation sites is 1. The van der Waals surface area contributed by atoms with Crippen molar-refractivity contribution < 1.29 is 23.6 Å². The lowest BCUT2D eigenvalue weighted by Gasteiger charge is -2.47. The summed E-state index contributed by atoms with van der Waals surface area (Å²) >= 11 is 12.9. The number of imidazole rings is 1. The standard InChI is InChI=1S/C49H57Cl2FN8O5/c1-57-43-32(8-6-11-37(43)60(47(57)65)38-14-15-39(61)55-44(38)62)29-16-24-58(25-17-29)22-7-23-59-26-18-31(19-27-59)53-45(63)42-40(33-9-5-10-35(51)41(33)52)49(48(56-42)20-3-2-4-21-48)34-13-12-30(50)28-36(34)54-46(49)64/h5-6,8-13,28-29,31,38,40,42,56H,2-4,7,14-27H2,1H3,(H,53,63)(H,54,64)(H,55,61,62)/t38?,40-,42+,49+/m0/s1. The van der Waals surface area contributed by atoms with Crippen molar-refractivity contribution in [3.63, 3.8) is 0 Å². The van der Waals surface area contributed by atoms with Crippen molar-refractivity contribution in [2.45, 2.75) is 118 Å². The highest BCUT2D eigenvalue weighted by atomic mass is 35.5. The van der Waals surface area contributed by atoms with Crippen LogP contribution >= 0.6 is 23.2 Å². The Labute approximate surface area is 387 Å². The molecule has 65 heavy (non-hydrogen) atoms. The van der Waals surface area contributed by atoms with Crippen LogP contribution in [0.25, 0.3) is 11.0 Å². The van der Waals surface area contributed by atoms with Gasteiger partial charge < -0.3 is 20.4 Å². The molecule has 1 saturated carbocycles. The first-order valence-electron chi connectivity index (χ1n) is 23.5. The van der Waals surface area contributed by atoms with Gasteiger partial charge in [-0.15, -0.1) is 0 Å². The normalized spacial score (nSPS) is 26.5. The molecule has 344 valence electrons. The van der Waals surface area contributed by atoms with Crippen molar-refractivity contribution in [2.75, 3.05) is 44.6 Å². The molecule has 1 aliphatic carbocycles. The molecule has 6 heterocycles. The molecule has 0 bridgehead atoms. The minimum atomic E-state index is -1.26. The highest BCUT2D eigenvalue weighted by Crippen LogP contribution is 2.63. The summed E-state index contributed by atoms with van der Waals surface area (Å²) in [6, 6.07) is 14.6. The van der Waals surface area contributed by atoms with E-state index in [1.807, 2.05) is 18.2 Å². The van der Waals surface area contributed by atoms with E-state index in [4.69, 9.17) is 23.2 Å². The number of hydrogen-bond donors (Lipinski definition) is 4. The summed E-state index contributed by atoms with van der Waals surface area (Å²) in [5.41, 5.74) is 2.04. The first kappa shape index (κ1) is 44.2. The van der Waals surface area contributed by atoms with E-state index in [0.717, 1.165) is 113 Å². The Hall–Kier alpha value is -4.60. The number of amides is 4. The lowest BCUT2D eigenvalue weighted by atomic mass is 9.55. The molecule has 16 heteroatoms. The van der Waals surface area contributed by atoms with Crippen LogP contribution in [0.3, 0.4) is 0 Å². The molecule has 6 aliphatic rings. The summed E-state index contributed by atoms with van der Waals surface area (Å²) in [6.45, 7) is 5.55. The van der Waals surface area contributed by atoms with Gasteiger partial charge in [-0.3, -0.25) is 38.9 Å². The van der Waals surface area contributed by atoms with Crippen LogP contribution in [-0.2, 0) is 31.6 Å². The number of piperidine rings is 3. The summed E-state index contributed by atoms with van der Waals surface area (Å²) < 4.78 is 19.6. The molecule has 4 saturated heterocycles. The molecule has 2 spiro atoms. The van der Waals surface area contributed by atoms with E-state index in [-0.39, 0.29) is 52.4 Å². The number of fused-ring (bicyclic) bond motifs is 4. The van der Waals surface area contributed by atoms with Crippen LogP contribution < -0.4 is 27.0 Å². The van der Waals surface area contributed by atoms with Crippen molar-refractivity contribution in [2.24, 2.45) is 7.05 Å². The molecule has 1 unspecified atom stereocenters. The molecule has 4 aromatic rings. The van der Waals surface area contributed by atoms with Gasteiger partial charge in [0.2, 0.25) is 23.6 Å². The zero-order chi connectivity index (χ0) is 45.2. The van der Waals surface area contributed by atoms with Crippen LogP contribution in [0.1, 0.15) is 112 Å². The van der Waals surface area contributed by atoms with Crippen molar-refractivity contribution in [1.29, 1.82) is 0 Å². The number of likely N-dealkylation sites (tertiary alicyclic amines) is 2. The van der Waals surface area contributed by atoms with E-state index < -0.39 is 40.7 Å². The largest absolute Gasteiger partial charge is 0.352 e. The summed E-state index contributed by atoms with van der Waals surface area (Å²) in [6.07, 6.45) is 9.18. The van der Waals surface area contributed by atoms with Gasteiger partial charge in [-0.05, 0) is 124 Å². The number of nitrogens with zero attached hydrogens (tertiary/aromatic N) is 4. The van der Waals surface area contributed by atoms with Crippen molar-refractivity contribution in [1.82, 2.24) is 34.9 Å². The van der Waals surface area contributed by atoms with Gasteiger partial charge in [-0.2, -0.15) is 0 Å². The number of imide groups is 1. The van der Waals surface area contributed by atoms with Crippen molar-refractivity contribution >= 4 is 63.6 Å². The second-order valence-electron chi connectivity index (χ2n) is 19.3. The average molecular weight is 928 g/mol. The van der Waals surface area contributed by atoms with Gasteiger partial charge in [-0.1, -0.05) is 72.8 Å². The van der Waals surface area contributed by atoms with Gasteiger partial charge in [0.1, 0.15) is 17.3 Å². The maximum atomic E-state index is 16.3. The number of carbonyl (C=O) groups is 4. The fourth-order valence-corrected chi connectivity index (χ4v) is 13.2. The molecule has 5 aliphatic heterocycles. The molecule has 13 nitrogen and oxygen atoms in total. The Balaban J connectivity index is 0.765. The lowest BCUT2D eigenvalue weighted by molar-refractivity contribution is -0.136. The number of aryl methyl sites for hydroxylation is 1. The molecule has 4 N–H and O–H groups in total. The predicted octanol–water partition coefficient (Wildman–Crippen LogP) is 6.26. The van der Waals surface area contributed by atoms with Crippen molar-refractivity contribution in [3.05, 3.63) is 97.6 Å². The van der Waals surface area contributed by atoms with Crippen LogP contribution in [0.5, 0.6) is 0 Å². The molecule has 1 aromatic heterocycles. The molecule has 4 atom stereocenters. The number of nitrogens with one attached hydrogen (secondary N) is 4. The van der Waals surface area contributed by atoms with Crippen LogP contribution in [0.4, 0.5) is 10.1 Å². The summed E-state index contributed by atoms with van der Waals surface area (Å²) in [7, 11) is 1.77. The Bertz CT molecular complexity index is 2610. The number of aromatic nitrogens is 2. The smallest absolute Gasteiger partial charge is 0.329 e. The number of anilines is 1. The maximum Gasteiger partial charge on any atom is 0.329 e. The second-order valence-corrected chi connectivity index (χ2v) is 20.2. The third kappa shape index (κ3) is 7.51. The Morgan fingerprint density at radius 2 is 1.54 bits per heavy atom. The summed E-state index contributed by atoms with van der Waals surface area (Å²) in [5, 5.41) is 13.1. The molecule has 4 amide bonds. The molecular weight excluding hydrogens is 870 g/mol. The first-order chi connectivity index (χ1) is 31.4. The summed E-state index contributed by atoms with van der Waals surface area (Å²) in [4.78, 5) is 72.5. The monoisotopic (exact) mass is 926 g/mol. The number of rotatable bonds is 9. The van der Waals surface area contributed by atoms with E-state index in [9.17, 15) is 24.0 Å².